The van der Waals surface area contributed by atoms with Gasteiger partial charge in [0.15, 0.2) is 0 Å². The van der Waals surface area contributed by atoms with Crippen LogP contribution in [0.3, 0.4) is 0 Å². The van der Waals surface area contributed by atoms with Crippen LogP contribution in [0.4, 0.5) is 0 Å². The molecule has 1 amide bonds. The van der Waals surface area contributed by atoms with Crippen molar-refractivity contribution in [1.82, 2.24) is 5.32 Å². The summed E-state index contributed by atoms with van der Waals surface area (Å²) >= 11 is 0. The average molecular weight is 349 g/mol. The second kappa shape index (κ2) is 10.7. The molecule has 130 valence electrons. The van der Waals surface area contributed by atoms with Gasteiger partial charge in [0.1, 0.15) is 5.75 Å². The molecule has 0 aliphatic rings. The van der Waals surface area contributed by atoms with E-state index in [1.165, 1.54) is 5.56 Å². The number of hydrogen-bond acceptors (Lipinski definition) is 3. The molecule has 0 unspecified atom stereocenters. The second-order valence-corrected chi connectivity index (χ2v) is 5.60. The number of amides is 1. The Balaban J connectivity index is 0.00000288. The standard InChI is InChI=1S/C19H24N2O2.ClH/c1-15-8-10-17(11-9-15)23-13-5-12-21-19(22)18(20)14-16-6-3-2-4-7-16;/h2-4,6-11,18H,5,12-14,20H2,1H3,(H,21,22);1H/t18-;/m0./s1. The van der Waals surface area contributed by atoms with Crippen molar-refractivity contribution in [1.29, 1.82) is 0 Å². The van der Waals surface area contributed by atoms with Gasteiger partial charge in [0.05, 0.1) is 12.6 Å². The minimum Gasteiger partial charge on any atom is -0.494 e. The van der Waals surface area contributed by atoms with Gasteiger partial charge in [-0.3, -0.25) is 4.79 Å². The summed E-state index contributed by atoms with van der Waals surface area (Å²) in [7, 11) is 0. The van der Waals surface area contributed by atoms with Crippen LogP contribution < -0.4 is 15.8 Å². The summed E-state index contributed by atoms with van der Waals surface area (Å²) in [5.74, 6) is 0.729. The maximum Gasteiger partial charge on any atom is 0.237 e. The molecule has 5 heteroatoms. The molecule has 2 aromatic rings. The molecular formula is C19H25ClN2O2. The normalized spacial score (nSPS) is 11.2. The van der Waals surface area contributed by atoms with Gasteiger partial charge < -0.3 is 15.8 Å². The molecule has 0 heterocycles. The van der Waals surface area contributed by atoms with Crippen LogP contribution in [0.2, 0.25) is 0 Å². The molecule has 0 aliphatic heterocycles. The lowest BCUT2D eigenvalue weighted by atomic mass is 10.1. The van der Waals surface area contributed by atoms with Gasteiger partial charge in [0, 0.05) is 6.54 Å². The third kappa shape index (κ3) is 7.02. The Bertz CT molecular complexity index is 603. The minimum atomic E-state index is -0.518. The smallest absolute Gasteiger partial charge is 0.237 e. The Labute approximate surface area is 149 Å². The summed E-state index contributed by atoms with van der Waals surface area (Å²) in [6.07, 6.45) is 1.30. The zero-order chi connectivity index (χ0) is 16.5. The van der Waals surface area contributed by atoms with E-state index >= 15 is 0 Å². The van der Waals surface area contributed by atoms with Gasteiger partial charge in [0.2, 0.25) is 5.91 Å². The van der Waals surface area contributed by atoms with Gasteiger partial charge in [-0.15, -0.1) is 12.4 Å². The zero-order valence-corrected chi connectivity index (χ0v) is 14.7. The summed E-state index contributed by atoms with van der Waals surface area (Å²) < 4.78 is 5.62. The Morgan fingerprint density at radius 3 is 2.46 bits per heavy atom. The third-order valence-corrected chi connectivity index (χ3v) is 3.55. The number of rotatable bonds is 8. The zero-order valence-electron chi connectivity index (χ0n) is 13.9. The number of aryl methyl sites for hydroxylation is 1. The van der Waals surface area contributed by atoms with E-state index in [4.69, 9.17) is 10.5 Å². The molecule has 0 radical (unpaired) electrons. The third-order valence-electron chi connectivity index (χ3n) is 3.55. The number of nitrogens with one attached hydrogen (secondary N) is 1. The van der Waals surface area contributed by atoms with Crippen LogP contribution in [-0.2, 0) is 11.2 Å². The average Bonchev–Trinajstić information content (AvgIpc) is 2.57. The van der Waals surface area contributed by atoms with Gasteiger partial charge in [0.25, 0.3) is 0 Å². The van der Waals surface area contributed by atoms with E-state index in [9.17, 15) is 4.79 Å². The van der Waals surface area contributed by atoms with Crippen LogP contribution in [-0.4, -0.2) is 25.1 Å². The molecule has 0 saturated heterocycles. The van der Waals surface area contributed by atoms with Crippen molar-refractivity contribution in [2.24, 2.45) is 5.73 Å². The van der Waals surface area contributed by atoms with E-state index < -0.39 is 6.04 Å². The Morgan fingerprint density at radius 1 is 1.12 bits per heavy atom. The molecule has 24 heavy (non-hydrogen) atoms. The van der Waals surface area contributed by atoms with Gasteiger partial charge in [-0.05, 0) is 37.5 Å². The number of ether oxygens (including phenoxy) is 1. The van der Waals surface area contributed by atoms with Crippen molar-refractivity contribution in [3.05, 3.63) is 65.7 Å². The first-order chi connectivity index (χ1) is 11.1. The number of hydrogen-bond donors (Lipinski definition) is 2. The SMILES string of the molecule is Cc1ccc(OCCCNC(=O)[C@@H](N)Cc2ccccc2)cc1.Cl. The molecular weight excluding hydrogens is 324 g/mol. The first-order valence-corrected chi connectivity index (χ1v) is 7.92. The molecule has 1 atom stereocenters. The van der Waals surface area contributed by atoms with Crippen LogP contribution in [0.5, 0.6) is 5.75 Å². The highest BCUT2D eigenvalue weighted by Gasteiger charge is 2.13. The largest absolute Gasteiger partial charge is 0.494 e. The van der Waals surface area contributed by atoms with Crippen molar-refractivity contribution < 1.29 is 9.53 Å². The Morgan fingerprint density at radius 2 is 1.79 bits per heavy atom. The van der Waals surface area contributed by atoms with Crippen molar-refractivity contribution in [3.8, 4) is 5.75 Å². The quantitative estimate of drug-likeness (QED) is 0.721. The van der Waals surface area contributed by atoms with Crippen LogP contribution in [0.15, 0.2) is 54.6 Å². The van der Waals surface area contributed by atoms with E-state index in [0.29, 0.717) is 19.6 Å². The van der Waals surface area contributed by atoms with Gasteiger partial charge in [-0.25, -0.2) is 0 Å². The van der Waals surface area contributed by atoms with Crippen LogP contribution >= 0.6 is 12.4 Å². The molecule has 4 nitrogen and oxygen atoms in total. The first-order valence-electron chi connectivity index (χ1n) is 7.92. The van der Waals surface area contributed by atoms with Crippen molar-refractivity contribution in [2.45, 2.75) is 25.8 Å². The second-order valence-electron chi connectivity index (χ2n) is 5.60. The van der Waals surface area contributed by atoms with E-state index in [1.54, 1.807) is 0 Å². The first kappa shape index (κ1) is 20.0. The molecule has 2 rings (SSSR count). The highest BCUT2D eigenvalue weighted by molar-refractivity contribution is 5.85. The van der Waals surface area contributed by atoms with Gasteiger partial charge in [-0.1, -0.05) is 48.0 Å². The molecule has 0 saturated carbocycles. The molecule has 0 bridgehead atoms. The Kier molecular flexibility index (Phi) is 8.90. The van der Waals surface area contributed by atoms with Crippen molar-refractivity contribution in [2.75, 3.05) is 13.2 Å². The fourth-order valence-corrected chi connectivity index (χ4v) is 2.20. The number of benzene rings is 2. The maximum atomic E-state index is 11.9. The molecule has 0 spiro atoms. The lowest BCUT2D eigenvalue weighted by Crippen LogP contribution is -2.42. The van der Waals surface area contributed by atoms with Gasteiger partial charge >= 0.3 is 0 Å². The molecule has 0 aromatic heterocycles. The summed E-state index contributed by atoms with van der Waals surface area (Å²) in [6.45, 7) is 3.17. The van der Waals surface area contributed by atoms with E-state index in [1.807, 2.05) is 61.5 Å². The van der Waals surface area contributed by atoms with E-state index in [0.717, 1.165) is 17.7 Å². The predicted molar refractivity (Wildman–Crippen MR) is 99.7 cm³/mol. The van der Waals surface area contributed by atoms with Crippen LogP contribution in [0, 0.1) is 6.92 Å². The van der Waals surface area contributed by atoms with Crippen LogP contribution in [0.25, 0.3) is 0 Å². The lowest BCUT2D eigenvalue weighted by molar-refractivity contribution is -0.122. The Hall–Kier alpha value is -2.04. The summed E-state index contributed by atoms with van der Waals surface area (Å²) in [5, 5.41) is 2.85. The highest BCUT2D eigenvalue weighted by Crippen LogP contribution is 2.11. The fourth-order valence-electron chi connectivity index (χ4n) is 2.20. The highest BCUT2D eigenvalue weighted by atomic mass is 35.5. The minimum absolute atomic E-state index is 0. The molecule has 0 aliphatic carbocycles. The van der Waals surface area contributed by atoms with Gasteiger partial charge in [-0.2, -0.15) is 0 Å². The monoisotopic (exact) mass is 348 g/mol. The molecule has 0 fully saturated rings. The summed E-state index contributed by atoms with van der Waals surface area (Å²) in [4.78, 5) is 11.9. The summed E-state index contributed by atoms with van der Waals surface area (Å²) in [5.41, 5.74) is 8.20. The molecule has 3 N–H and O–H groups in total. The predicted octanol–water partition coefficient (Wildman–Crippen LogP) is 2.87. The summed E-state index contributed by atoms with van der Waals surface area (Å²) in [6, 6.07) is 17.2. The lowest BCUT2D eigenvalue weighted by Gasteiger charge is -2.12. The van der Waals surface area contributed by atoms with Crippen LogP contribution in [0.1, 0.15) is 17.5 Å². The number of nitrogens with two attached hydrogens (primary N) is 1. The van der Waals surface area contributed by atoms with Crippen molar-refractivity contribution >= 4 is 18.3 Å². The maximum absolute atomic E-state index is 11.9. The molecule has 2 aromatic carbocycles. The van der Waals surface area contributed by atoms with E-state index in [2.05, 4.69) is 5.32 Å². The topological polar surface area (TPSA) is 64.3 Å². The number of carbonyl (C=O) groups is 1. The van der Waals surface area contributed by atoms with Crippen molar-refractivity contribution in [3.63, 3.8) is 0 Å². The van der Waals surface area contributed by atoms with E-state index in [-0.39, 0.29) is 18.3 Å². The fraction of sp³-hybridized carbons (Fsp3) is 0.316. The number of carbonyl (C=O) groups excluding carboxylic acids is 1. The number of halogens is 1.